The molecule has 0 radical (unpaired) electrons. The van der Waals surface area contributed by atoms with E-state index >= 15 is 0 Å². The minimum atomic E-state index is -0.0777. The molecular formula is C22H25N5OS. The smallest absolute Gasteiger partial charge is 0.274 e. The second-order valence-corrected chi connectivity index (χ2v) is 7.50. The van der Waals surface area contributed by atoms with Gasteiger partial charge >= 0.3 is 0 Å². The molecule has 0 fully saturated rings. The molecule has 0 aliphatic heterocycles. The van der Waals surface area contributed by atoms with Crippen LogP contribution >= 0.6 is 12.2 Å². The second kappa shape index (κ2) is 8.87. The lowest BCUT2D eigenvalue weighted by molar-refractivity contribution is 0.642. The van der Waals surface area contributed by atoms with Crippen molar-refractivity contribution >= 4 is 29.2 Å². The van der Waals surface area contributed by atoms with Crippen molar-refractivity contribution in [3.63, 3.8) is 0 Å². The van der Waals surface area contributed by atoms with Gasteiger partial charge in [0.2, 0.25) is 0 Å². The Balaban J connectivity index is 1.70. The molecule has 0 bridgehead atoms. The average molecular weight is 408 g/mol. The van der Waals surface area contributed by atoms with Crippen molar-refractivity contribution in [2.45, 2.75) is 26.7 Å². The zero-order valence-corrected chi connectivity index (χ0v) is 17.8. The average Bonchev–Trinajstić information content (AvgIpc) is 2.92. The third-order valence-corrected chi connectivity index (χ3v) is 4.93. The number of anilines is 1. The summed E-state index contributed by atoms with van der Waals surface area (Å²) in [5.74, 6) is 0.483. The molecule has 0 saturated carbocycles. The van der Waals surface area contributed by atoms with Gasteiger partial charge in [-0.3, -0.25) is 14.9 Å². The number of nitrogens with one attached hydrogen (secondary N) is 2. The van der Waals surface area contributed by atoms with Crippen molar-refractivity contribution < 1.29 is 0 Å². The number of hydrogen-bond acceptors (Lipinski definition) is 3. The first-order valence-electron chi connectivity index (χ1n) is 9.42. The Morgan fingerprint density at radius 3 is 2.38 bits per heavy atom. The fourth-order valence-corrected chi connectivity index (χ4v) is 3.23. The standard InChI is InChI=1S/C22H25N5OS/c1-15(2)17-10-12-18(13-11-17)24-22(29)25-23-14-20-16(3)21(28)27(26(20)4)19-8-6-5-7-9-19/h5-15H,1-4H3,(H2,24,25,29)/b23-14-. The Bertz CT molecular complexity index is 1080. The molecule has 0 atom stereocenters. The molecule has 0 spiro atoms. The molecule has 1 aromatic heterocycles. The number of para-hydroxylation sites is 1. The van der Waals surface area contributed by atoms with Gasteiger partial charge < -0.3 is 5.32 Å². The van der Waals surface area contributed by atoms with Crippen LogP contribution in [0.5, 0.6) is 0 Å². The molecule has 2 aromatic carbocycles. The number of hydrogen-bond donors (Lipinski definition) is 2. The highest BCUT2D eigenvalue weighted by atomic mass is 32.1. The lowest BCUT2D eigenvalue weighted by atomic mass is 10.0. The van der Waals surface area contributed by atoms with Crippen LogP contribution in [0.2, 0.25) is 0 Å². The van der Waals surface area contributed by atoms with E-state index in [-0.39, 0.29) is 5.56 Å². The van der Waals surface area contributed by atoms with Crippen LogP contribution in [-0.2, 0) is 7.05 Å². The summed E-state index contributed by atoms with van der Waals surface area (Å²) in [6.45, 7) is 6.10. The Labute approximate surface area is 175 Å². The monoisotopic (exact) mass is 407 g/mol. The van der Waals surface area contributed by atoms with Crippen LogP contribution in [0.4, 0.5) is 5.69 Å². The SMILES string of the molecule is Cc1c(/C=N\NC(=S)Nc2ccc(C(C)C)cc2)n(C)n(-c2ccccc2)c1=O. The lowest BCUT2D eigenvalue weighted by Crippen LogP contribution is -2.24. The number of thiocarbonyl (C=S) groups is 1. The van der Waals surface area contributed by atoms with Gasteiger partial charge in [0.15, 0.2) is 5.11 Å². The third-order valence-electron chi connectivity index (χ3n) is 4.73. The van der Waals surface area contributed by atoms with E-state index in [9.17, 15) is 4.79 Å². The topological polar surface area (TPSA) is 63.4 Å². The van der Waals surface area contributed by atoms with Crippen molar-refractivity contribution in [2.24, 2.45) is 12.1 Å². The molecule has 0 amide bonds. The maximum absolute atomic E-state index is 12.6. The molecule has 0 aliphatic rings. The van der Waals surface area contributed by atoms with E-state index < -0.39 is 0 Å². The normalized spacial score (nSPS) is 11.2. The number of aromatic nitrogens is 2. The van der Waals surface area contributed by atoms with Gasteiger partial charge in [-0.2, -0.15) is 5.10 Å². The highest BCUT2D eigenvalue weighted by molar-refractivity contribution is 7.80. The Morgan fingerprint density at radius 2 is 1.76 bits per heavy atom. The minimum absolute atomic E-state index is 0.0777. The molecule has 3 aromatic rings. The van der Waals surface area contributed by atoms with Gasteiger partial charge in [-0.1, -0.05) is 44.2 Å². The van der Waals surface area contributed by atoms with Crippen LogP contribution in [0.1, 0.15) is 36.6 Å². The zero-order valence-electron chi connectivity index (χ0n) is 17.0. The van der Waals surface area contributed by atoms with Crippen LogP contribution < -0.4 is 16.3 Å². The summed E-state index contributed by atoms with van der Waals surface area (Å²) in [6, 6.07) is 17.6. The van der Waals surface area contributed by atoms with E-state index in [1.807, 2.05) is 49.5 Å². The molecule has 7 heteroatoms. The largest absolute Gasteiger partial charge is 0.331 e. The van der Waals surface area contributed by atoms with E-state index in [4.69, 9.17) is 12.2 Å². The van der Waals surface area contributed by atoms with E-state index in [0.29, 0.717) is 22.3 Å². The number of nitrogens with zero attached hydrogens (tertiary/aromatic N) is 3. The molecule has 2 N–H and O–H groups in total. The van der Waals surface area contributed by atoms with Gasteiger partial charge in [-0.05, 0) is 54.9 Å². The Kier molecular flexibility index (Phi) is 6.29. The molecule has 6 nitrogen and oxygen atoms in total. The summed E-state index contributed by atoms with van der Waals surface area (Å²) < 4.78 is 3.39. The molecule has 29 heavy (non-hydrogen) atoms. The van der Waals surface area contributed by atoms with Crippen molar-refractivity contribution in [1.82, 2.24) is 14.8 Å². The molecule has 0 saturated heterocycles. The fourth-order valence-electron chi connectivity index (χ4n) is 3.06. The first-order valence-corrected chi connectivity index (χ1v) is 9.83. The maximum Gasteiger partial charge on any atom is 0.274 e. The molecule has 3 rings (SSSR count). The third kappa shape index (κ3) is 4.63. The van der Waals surface area contributed by atoms with Gasteiger partial charge in [0.1, 0.15) is 0 Å². The van der Waals surface area contributed by atoms with Crippen molar-refractivity contribution in [1.29, 1.82) is 0 Å². The second-order valence-electron chi connectivity index (χ2n) is 7.09. The summed E-state index contributed by atoms with van der Waals surface area (Å²) in [6.07, 6.45) is 1.60. The summed E-state index contributed by atoms with van der Waals surface area (Å²) >= 11 is 5.30. The number of hydrazone groups is 1. The molecule has 1 heterocycles. The van der Waals surface area contributed by atoms with Gasteiger partial charge in [0.25, 0.3) is 5.56 Å². The summed E-state index contributed by atoms with van der Waals surface area (Å²) in [5.41, 5.74) is 7.01. The number of rotatable bonds is 5. The molecule has 0 unspecified atom stereocenters. The quantitative estimate of drug-likeness (QED) is 0.382. The Hall–Kier alpha value is -3.19. The molecular weight excluding hydrogens is 382 g/mol. The van der Waals surface area contributed by atoms with E-state index in [2.05, 4.69) is 41.8 Å². The van der Waals surface area contributed by atoms with Crippen molar-refractivity contribution in [2.75, 3.05) is 5.32 Å². The lowest BCUT2D eigenvalue weighted by Gasteiger charge is -2.10. The van der Waals surface area contributed by atoms with Crippen LogP contribution in [0, 0.1) is 6.92 Å². The first-order chi connectivity index (χ1) is 13.9. The van der Waals surface area contributed by atoms with Crippen LogP contribution in [0.25, 0.3) is 5.69 Å². The maximum atomic E-state index is 12.6. The zero-order chi connectivity index (χ0) is 21.0. The molecule has 0 aliphatic carbocycles. The van der Waals surface area contributed by atoms with E-state index in [1.165, 1.54) is 5.56 Å². The fraction of sp³-hybridized carbons (Fsp3) is 0.227. The van der Waals surface area contributed by atoms with Crippen molar-refractivity contribution in [3.8, 4) is 5.69 Å². The summed E-state index contributed by atoms with van der Waals surface area (Å²) in [4.78, 5) is 12.6. The van der Waals surface area contributed by atoms with Crippen LogP contribution in [0.15, 0.2) is 64.5 Å². The predicted octanol–water partition coefficient (Wildman–Crippen LogP) is 3.93. The Morgan fingerprint density at radius 1 is 1.10 bits per heavy atom. The number of benzene rings is 2. The van der Waals surface area contributed by atoms with Crippen LogP contribution in [-0.4, -0.2) is 20.7 Å². The summed E-state index contributed by atoms with van der Waals surface area (Å²) in [7, 11) is 1.83. The summed E-state index contributed by atoms with van der Waals surface area (Å²) in [5, 5.41) is 7.68. The van der Waals surface area contributed by atoms with Crippen molar-refractivity contribution in [3.05, 3.63) is 81.8 Å². The predicted molar refractivity (Wildman–Crippen MR) is 123 cm³/mol. The van der Waals surface area contributed by atoms with E-state index in [0.717, 1.165) is 11.4 Å². The highest BCUT2D eigenvalue weighted by Crippen LogP contribution is 2.17. The first kappa shape index (κ1) is 20.5. The van der Waals surface area contributed by atoms with E-state index in [1.54, 1.807) is 22.5 Å². The highest BCUT2D eigenvalue weighted by Gasteiger charge is 2.14. The van der Waals surface area contributed by atoms with Gasteiger partial charge in [-0.15, -0.1) is 0 Å². The van der Waals surface area contributed by atoms with Gasteiger partial charge in [-0.25, -0.2) is 4.68 Å². The van der Waals surface area contributed by atoms with Gasteiger partial charge in [0.05, 0.1) is 17.6 Å². The van der Waals surface area contributed by atoms with Gasteiger partial charge in [0, 0.05) is 18.3 Å². The molecule has 150 valence electrons. The van der Waals surface area contributed by atoms with Crippen LogP contribution in [0.3, 0.4) is 0 Å². The minimum Gasteiger partial charge on any atom is -0.331 e.